The van der Waals surface area contributed by atoms with Crippen molar-refractivity contribution in [1.82, 2.24) is 0 Å². The largest absolute Gasteiger partial charge is 0.478 e. The quantitative estimate of drug-likeness (QED) is 0.227. The number of aromatic carboxylic acids is 1. The van der Waals surface area contributed by atoms with Gasteiger partial charge in [0.25, 0.3) is 0 Å². The number of hydrogen-bond donors (Lipinski definition) is 1. The molecular weight excluding hydrogens is 714 g/mol. The number of hydrogen-bond acceptors (Lipinski definition) is 6. The van der Waals surface area contributed by atoms with Crippen molar-refractivity contribution in [3.63, 3.8) is 0 Å². The molecule has 1 spiro atoms. The Morgan fingerprint density at radius 3 is 2.50 bits per heavy atom. The molecular formula is C29H20I2O7. The minimum absolute atomic E-state index is 0.00483. The smallest absolute Gasteiger partial charge is 0.339 e. The lowest BCUT2D eigenvalue weighted by molar-refractivity contribution is -0.164. The van der Waals surface area contributed by atoms with E-state index in [1.165, 1.54) is 6.07 Å². The number of carbonyl (C=O) groups is 3. The molecule has 0 radical (unpaired) electrons. The Labute approximate surface area is 245 Å². The van der Waals surface area contributed by atoms with Crippen LogP contribution in [-0.4, -0.2) is 42.3 Å². The lowest BCUT2D eigenvalue weighted by Gasteiger charge is -2.46. The number of rotatable bonds is 5. The highest BCUT2D eigenvalue weighted by atomic mass is 127. The van der Waals surface area contributed by atoms with Crippen LogP contribution in [0.1, 0.15) is 50.5 Å². The molecule has 9 heteroatoms. The van der Waals surface area contributed by atoms with Gasteiger partial charge in [-0.2, -0.15) is 0 Å². The molecule has 3 aromatic rings. The lowest BCUT2D eigenvalue weighted by atomic mass is 9.55. The minimum atomic E-state index is -1.19. The monoisotopic (exact) mass is 734 g/mol. The van der Waals surface area contributed by atoms with E-state index >= 15 is 0 Å². The molecule has 5 aliphatic rings. The van der Waals surface area contributed by atoms with E-state index in [1.807, 2.05) is 87.6 Å². The number of ether oxygens (including phenoxy) is 3. The first-order valence-corrected chi connectivity index (χ1v) is 14.4. The zero-order valence-corrected chi connectivity index (χ0v) is 24.1. The van der Waals surface area contributed by atoms with Crippen molar-refractivity contribution in [3.8, 4) is 5.75 Å². The average Bonchev–Trinajstić information content (AvgIpc) is 3.29. The van der Waals surface area contributed by atoms with Gasteiger partial charge in [0, 0.05) is 15.9 Å². The molecule has 1 aliphatic heterocycles. The minimum Gasteiger partial charge on any atom is -0.478 e. The molecule has 2 bridgehead atoms. The Bertz CT molecular complexity index is 1560. The van der Waals surface area contributed by atoms with Gasteiger partial charge in [0.05, 0.1) is 34.0 Å². The van der Waals surface area contributed by atoms with Gasteiger partial charge in [-0.05, 0) is 85.1 Å². The summed E-state index contributed by atoms with van der Waals surface area (Å²) in [5.41, 5.74) is 4.34. The third-order valence-corrected chi connectivity index (χ3v) is 9.66. The third-order valence-electron chi connectivity index (χ3n) is 8.23. The van der Waals surface area contributed by atoms with Gasteiger partial charge in [-0.15, -0.1) is 0 Å². The first-order valence-electron chi connectivity index (χ1n) is 12.3. The van der Waals surface area contributed by atoms with E-state index in [2.05, 4.69) is 0 Å². The van der Waals surface area contributed by atoms with Crippen molar-refractivity contribution in [2.24, 2.45) is 11.8 Å². The van der Waals surface area contributed by atoms with Crippen LogP contribution in [0.15, 0.2) is 54.6 Å². The summed E-state index contributed by atoms with van der Waals surface area (Å²) in [5.74, 6) is -4.39. The van der Waals surface area contributed by atoms with Crippen LogP contribution < -0.4 is 4.74 Å². The van der Waals surface area contributed by atoms with Crippen molar-refractivity contribution >= 4 is 63.1 Å². The Morgan fingerprint density at radius 2 is 1.74 bits per heavy atom. The van der Waals surface area contributed by atoms with Crippen LogP contribution in [0, 0.1) is 19.0 Å². The van der Waals surface area contributed by atoms with Gasteiger partial charge in [0.15, 0.2) is 5.75 Å². The van der Waals surface area contributed by atoms with E-state index in [1.54, 1.807) is 6.07 Å². The summed E-state index contributed by atoms with van der Waals surface area (Å²) < 4.78 is 18.5. The zero-order valence-electron chi connectivity index (χ0n) is 19.8. The maximum Gasteiger partial charge on any atom is 0.339 e. The van der Waals surface area contributed by atoms with Crippen LogP contribution in [0.5, 0.6) is 5.75 Å². The fourth-order valence-electron chi connectivity index (χ4n) is 6.85. The number of carbonyl (C=O) groups excluding carboxylic acids is 2. The number of benzene rings is 3. The summed E-state index contributed by atoms with van der Waals surface area (Å²) in [6, 6.07) is 17.2. The van der Waals surface area contributed by atoms with Crippen molar-refractivity contribution < 1.29 is 33.7 Å². The topological polar surface area (TPSA) is 99.1 Å². The van der Waals surface area contributed by atoms with E-state index < -0.39 is 41.1 Å². The van der Waals surface area contributed by atoms with Gasteiger partial charge in [0.2, 0.25) is 0 Å². The molecule has 38 heavy (non-hydrogen) atoms. The highest BCUT2D eigenvalue weighted by Crippen LogP contribution is 2.73. The molecule has 1 saturated heterocycles. The van der Waals surface area contributed by atoms with Crippen LogP contribution in [0.4, 0.5) is 0 Å². The molecule has 1 heterocycles. The lowest BCUT2D eigenvalue weighted by Crippen LogP contribution is -2.52. The third kappa shape index (κ3) is 3.30. The van der Waals surface area contributed by atoms with Gasteiger partial charge in [-0.25, -0.2) is 4.79 Å². The van der Waals surface area contributed by atoms with Crippen LogP contribution in [-0.2, 0) is 24.5 Å². The first-order chi connectivity index (χ1) is 18.3. The van der Waals surface area contributed by atoms with Crippen molar-refractivity contribution in [3.05, 3.63) is 95.1 Å². The molecule has 3 aromatic carbocycles. The van der Waals surface area contributed by atoms with E-state index in [-0.39, 0.29) is 17.4 Å². The Morgan fingerprint density at radius 1 is 0.974 bits per heavy atom. The molecule has 0 saturated carbocycles. The fraction of sp³-hybridized carbons (Fsp3) is 0.276. The Hall–Kier alpha value is -2.51. The molecule has 4 aliphatic carbocycles. The van der Waals surface area contributed by atoms with Crippen molar-refractivity contribution in [1.29, 1.82) is 0 Å². The Balaban J connectivity index is 1.37. The van der Waals surface area contributed by atoms with Gasteiger partial charge >= 0.3 is 17.9 Å². The second-order valence-corrected chi connectivity index (χ2v) is 12.5. The van der Waals surface area contributed by atoms with Gasteiger partial charge in [-0.1, -0.05) is 42.5 Å². The summed E-state index contributed by atoms with van der Waals surface area (Å²) in [5, 5.41) is 9.84. The van der Waals surface area contributed by atoms with E-state index in [0.717, 1.165) is 27.8 Å². The second-order valence-electron chi connectivity index (χ2n) is 10.1. The van der Waals surface area contributed by atoms with E-state index in [4.69, 9.17) is 14.2 Å². The number of fused-ring (bicyclic) bond motifs is 1. The molecule has 5 unspecified atom stereocenters. The van der Waals surface area contributed by atoms with E-state index in [9.17, 15) is 19.5 Å². The maximum absolute atomic E-state index is 14.2. The normalized spacial score (nSPS) is 27.3. The predicted octanol–water partition coefficient (Wildman–Crippen LogP) is 4.87. The van der Waals surface area contributed by atoms with Crippen molar-refractivity contribution in [2.45, 2.75) is 23.9 Å². The number of carboxylic acid groups (broad SMARTS) is 1. The standard InChI is InChI=1S/C29H20I2O7/c30-13-10-17(26(32)33)25(20(31)11-13)38-27(34)22-21-15-4-1-2-6-18(15)29(19-7-3-5-16(21)23(19)29)24(22)28(35)37-14-8-9-36-12-14/h1-7,10-11,14,21-22,24H,8-9,12H2,(H,32,33). The zero-order chi connectivity index (χ0) is 26.3. The van der Waals surface area contributed by atoms with Crippen LogP contribution in [0.2, 0.25) is 0 Å². The summed E-state index contributed by atoms with van der Waals surface area (Å²) in [6.45, 7) is 0.861. The highest BCUT2D eigenvalue weighted by molar-refractivity contribution is 14.1. The van der Waals surface area contributed by atoms with E-state index in [0.29, 0.717) is 26.8 Å². The fourth-order valence-corrected chi connectivity index (χ4v) is 8.80. The van der Waals surface area contributed by atoms with Crippen LogP contribution >= 0.6 is 45.2 Å². The highest BCUT2D eigenvalue weighted by Gasteiger charge is 2.73. The molecule has 8 rings (SSSR count). The van der Waals surface area contributed by atoms with Gasteiger partial charge in [-0.3, -0.25) is 9.59 Å². The summed E-state index contributed by atoms with van der Waals surface area (Å²) in [6.07, 6.45) is 0.255. The molecule has 1 N–H and O–H groups in total. The second kappa shape index (κ2) is 8.75. The van der Waals surface area contributed by atoms with Gasteiger partial charge in [0.1, 0.15) is 11.7 Å². The average molecular weight is 734 g/mol. The van der Waals surface area contributed by atoms with Crippen LogP contribution in [0.3, 0.4) is 0 Å². The SMILES string of the molecule is O=C(O)c1cc(I)cc(I)c1OC(=O)C1C2c3ccccc3C3(c4cccc2c43)C1C(=O)OC1CCOC1. The molecule has 7 nitrogen and oxygen atoms in total. The van der Waals surface area contributed by atoms with Gasteiger partial charge < -0.3 is 19.3 Å². The summed E-state index contributed by atoms with van der Waals surface area (Å²) in [7, 11) is 0. The molecule has 1 fully saturated rings. The maximum atomic E-state index is 14.2. The Kier molecular flexibility index (Phi) is 5.65. The molecule has 5 atom stereocenters. The number of carboxylic acids is 1. The number of esters is 2. The first kappa shape index (κ1) is 24.5. The molecule has 0 aromatic heterocycles. The van der Waals surface area contributed by atoms with Crippen molar-refractivity contribution in [2.75, 3.05) is 13.2 Å². The summed E-state index contributed by atoms with van der Waals surface area (Å²) >= 11 is 4.01. The van der Waals surface area contributed by atoms with Crippen LogP contribution in [0.25, 0.3) is 0 Å². The number of halogens is 2. The molecule has 192 valence electrons. The predicted molar refractivity (Wildman–Crippen MR) is 151 cm³/mol. The summed E-state index contributed by atoms with van der Waals surface area (Å²) in [4.78, 5) is 40.2. The molecule has 0 amide bonds.